The van der Waals surface area contributed by atoms with Crippen molar-refractivity contribution in [3.05, 3.63) is 23.3 Å². The molecule has 0 amide bonds. The lowest BCUT2D eigenvalue weighted by Gasteiger charge is -2.35. The van der Waals surface area contributed by atoms with Crippen LogP contribution in [-0.2, 0) is 16.8 Å². The van der Waals surface area contributed by atoms with Gasteiger partial charge in [0, 0.05) is 24.8 Å². The van der Waals surface area contributed by atoms with Gasteiger partial charge in [-0.15, -0.1) is 0 Å². The molecule has 3 N–H and O–H groups in total. The van der Waals surface area contributed by atoms with Crippen LogP contribution in [0.3, 0.4) is 0 Å². The van der Waals surface area contributed by atoms with Gasteiger partial charge in [-0.1, -0.05) is 6.07 Å². The van der Waals surface area contributed by atoms with Crippen molar-refractivity contribution in [3.8, 4) is 5.75 Å². The highest BCUT2D eigenvalue weighted by atomic mass is 16.5. The van der Waals surface area contributed by atoms with Crippen LogP contribution in [0.5, 0.6) is 5.75 Å². The van der Waals surface area contributed by atoms with Gasteiger partial charge in [-0.05, 0) is 37.3 Å². The van der Waals surface area contributed by atoms with E-state index in [1.165, 1.54) is 5.56 Å². The second-order valence-electron chi connectivity index (χ2n) is 5.70. The summed E-state index contributed by atoms with van der Waals surface area (Å²) in [6.07, 6.45) is 3.09. The van der Waals surface area contributed by atoms with Crippen LogP contribution in [0.15, 0.2) is 12.1 Å². The smallest absolute Gasteiger partial charge is 0.328 e. The maximum absolute atomic E-state index is 11.8. The number of hydrogen-bond donors (Lipinski definition) is 2. The normalized spacial score (nSPS) is 25.2. The van der Waals surface area contributed by atoms with Crippen molar-refractivity contribution in [1.29, 1.82) is 0 Å². The van der Waals surface area contributed by atoms with Crippen molar-refractivity contribution in [2.45, 2.75) is 31.2 Å². The fourth-order valence-electron chi connectivity index (χ4n) is 3.30. The van der Waals surface area contributed by atoms with Crippen molar-refractivity contribution in [3.63, 3.8) is 0 Å². The van der Waals surface area contributed by atoms with Crippen LogP contribution in [0.25, 0.3) is 0 Å². The number of benzene rings is 1. The molecule has 1 atom stereocenters. The van der Waals surface area contributed by atoms with Gasteiger partial charge in [-0.2, -0.15) is 0 Å². The average Bonchev–Trinajstić information content (AvgIpc) is 2.59. The van der Waals surface area contributed by atoms with E-state index in [0.717, 1.165) is 25.1 Å². The maximum atomic E-state index is 11.8. The van der Waals surface area contributed by atoms with Crippen molar-refractivity contribution >= 4 is 11.7 Å². The predicted molar refractivity (Wildman–Crippen MR) is 76.3 cm³/mol. The molecule has 1 aromatic rings. The molecule has 0 saturated carbocycles. The van der Waals surface area contributed by atoms with Gasteiger partial charge in [0.05, 0.1) is 6.61 Å². The summed E-state index contributed by atoms with van der Waals surface area (Å²) < 4.78 is 5.74. The Kier molecular flexibility index (Phi) is 3.09. The zero-order valence-electron chi connectivity index (χ0n) is 11.7. The van der Waals surface area contributed by atoms with Crippen LogP contribution in [0.4, 0.5) is 5.69 Å². The van der Waals surface area contributed by atoms with Crippen LogP contribution < -0.4 is 15.4 Å². The Morgan fingerprint density at radius 1 is 1.45 bits per heavy atom. The molecule has 20 heavy (non-hydrogen) atoms. The quantitative estimate of drug-likeness (QED) is 0.812. The van der Waals surface area contributed by atoms with Crippen molar-refractivity contribution < 1.29 is 14.6 Å². The summed E-state index contributed by atoms with van der Waals surface area (Å²) in [4.78, 5) is 13.9. The Bertz CT molecular complexity index is 558. The van der Waals surface area contributed by atoms with Crippen LogP contribution in [0, 0.1) is 0 Å². The highest BCUT2D eigenvalue weighted by Gasteiger charge is 2.43. The molecule has 2 aliphatic rings. The summed E-state index contributed by atoms with van der Waals surface area (Å²) >= 11 is 0. The van der Waals surface area contributed by atoms with E-state index in [4.69, 9.17) is 10.5 Å². The second kappa shape index (κ2) is 4.66. The number of ether oxygens (including phenoxy) is 1. The molecule has 5 nitrogen and oxygen atoms in total. The molecule has 2 heterocycles. The lowest BCUT2D eigenvalue weighted by atomic mass is 9.82. The number of carbonyl (C=O) groups is 1. The number of nitrogens with zero attached hydrogens (tertiary/aromatic N) is 1. The SMILES string of the molecule is CN1CCCc2ccc3c(c21)C(N)(C(=O)O)CCCO3. The largest absolute Gasteiger partial charge is 0.493 e. The summed E-state index contributed by atoms with van der Waals surface area (Å²) in [7, 11) is 1.99. The summed E-state index contributed by atoms with van der Waals surface area (Å²) in [5.74, 6) is -0.350. The third kappa shape index (κ3) is 1.85. The number of carboxylic acid groups (broad SMARTS) is 1. The molecule has 1 aromatic carbocycles. The van der Waals surface area contributed by atoms with E-state index in [-0.39, 0.29) is 0 Å². The molecule has 0 radical (unpaired) electrons. The minimum Gasteiger partial charge on any atom is -0.493 e. The van der Waals surface area contributed by atoms with Crippen molar-refractivity contribution in [2.24, 2.45) is 5.73 Å². The van der Waals surface area contributed by atoms with Crippen LogP contribution >= 0.6 is 0 Å². The predicted octanol–water partition coefficient (Wildman–Crippen LogP) is 1.48. The first-order valence-electron chi connectivity index (χ1n) is 7.06. The molecule has 3 rings (SSSR count). The highest BCUT2D eigenvalue weighted by Crippen LogP contribution is 2.44. The van der Waals surface area contributed by atoms with Crippen molar-refractivity contribution in [1.82, 2.24) is 0 Å². The van der Waals surface area contributed by atoms with Gasteiger partial charge in [-0.3, -0.25) is 0 Å². The number of rotatable bonds is 1. The summed E-state index contributed by atoms with van der Waals surface area (Å²) in [5, 5.41) is 9.66. The number of anilines is 1. The van der Waals surface area contributed by atoms with Gasteiger partial charge in [0.15, 0.2) is 0 Å². The number of aryl methyl sites for hydroxylation is 1. The Labute approximate surface area is 118 Å². The lowest BCUT2D eigenvalue weighted by Crippen LogP contribution is -2.46. The molecule has 0 bridgehead atoms. The standard InChI is InChI=1S/C15H20N2O3/c1-17-8-2-4-10-5-6-11-12(13(10)17)15(16,14(18)19)7-3-9-20-11/h5-6H,2-4,7-9,16H2,1H3,(H,18,19). The number of nitrogens with two attached hydrogens (primary N) is 1. The van der Waals surface area contributed by atoms with Gasteiger partial charge < -0.3 is 20.5 Å². The third-order valence-corrected chi connectivity index (χ3v) is 4.35. The molecule has 0 saturated heterocycles. The molecule has 0 aromatic heterocycles. The minimum absolute atomic E-state index is 0.402. The summed E-state index contributed by atoms with van der Waals surface area (Å²) in [6.45, 7) is 1.43. The fourth-order valence-corrected chi connectivity index (χ4v) is 3.30. The number of hydrogen-bond acceptors (Lipinski definition) is 4. The molecule has 2 aliphatic heterocycles. The van der Waals surface area contributed by atoms with E-state index in [2.05, 4.69) is 4.90 Å². The van der Waals surface area contributed by atoms with E-state index in [9.17, 15) is 9.90 Å². The van der Waals surface area contributed by atoms with Gasteiger partial charge in [0.25, 0.3) is 0 Å². The Morgan fingerprint density at radius 2 is 2.25 bits per heavy atom. The molecular weight excluding hydrogens is 256 g/mol. The zero-order chi connectivity index (χ0) is 14.3. The zero-order valence-corrected chi connectivity index (χ0v) is 11.7. The summed E-state index contributed by atoms with van der Waals surface area (Å²) in [5.41, 5.74) is 7.71. The summed E-state index contributed by atoms with van der Waals surface area (Å²) in [6, 6.07) is 3.92. The first-order valence-corrected chi connectivity index (χ1v) is 7.06. The molecule has 1 unspecified atom stereocenters. The van der Waals surface area contributed by atoms with E-state index >= 15 is 0 Å². The number of carboxylic acids is 1. The van der Waals surface area contributed by atoms with Crippen LogP contribution in [-0.4, -0.2) is 31.3 Å². The minimum atomic E-state index is -1.36. The van der Waals surface area contributed by atoms with Crippen LogP contribution in [0.2, 0.25) is 0 Å². The number of aliphatic carboxylic acids is 1. The maximum Gasteiger partial charge on any atom is 0.328 e. The number of fused-ring (bicyclic) bond motifs is 3. The van der Waals surface area contributed by atoms with E-state index < -0.39 is 11.5 Å². The topological polar surface area (TPSA) is 75.8 Å². The average molecular weight is 276 g/mol. The van der Waals surface area contributed by atoms with Gasteiger partial charge in [0.2, 0.25) is 0 Å². The fraction of sp³-hybridized carbons (Fsp3) is 0.533. The lowest BCUT2D eigenvalue weighted by molar-refractivity contribution is -0.144. The first-order chi connectivity index (χ1) is 9.54. The molecule has 0 spiro atoms. The van der Waals surface area contributed by atoms with Gasteiger partial charge in [0.1, 0.15) is 11.3 Å². The van der Waals surface area contributed by atoms with E-state index in [1.54, 1.807) is 0 Å². The monoisotopic (exact) mass is 276 g/mol. The Hall–Kier alpha value is -1.75. The Balaban J connectivity index is 2.27. The highest BCUT2D eigenvalue weighted by molar-refractivity contribution is 5.86. The first kappa shape index (κ1) is 13.2. The van der Waals surface area contributed by atoms with E-state index in [1.807, 2.05) is 19.2 Å². The molecule has 5 heteroatoms. The van der Waals surface area contributed by atoms with Gasteiger partial charge in [-0.25, -0.2) is 4.79 Å². The second-order valence-corrected chi connectivity index (χ2v) is 5.70. The van der Waals surface area contributed by atoms with Gasteiger partial charge >= 0.3 is 5.97 Å². The third-order valence-electron chi connectivity index (χ3n) is 4.35. The van der Waals surface area contributed by atoms with Crippen LogP contribution in [0.1, 0.15) is 30.4 Å². The van der Waals surface area contributed by atoms with Crippen molar-refractivity contribution in [2.75, 3.05) is 25.1 Å². The van der Waals surface area contributed by atoms with E-state index in [0.29, 0.717) is 30.8 Å². The molecule has 0 fully saturated rings. The molecular formula is C15H20N2O3. The molecule has 108 valence electrons. The Morgan fingerprint density at radius 3 is 3.00 bits per heavy atom. The molecule has 0 aliphatic carbocycles.